The molecule has 25 heavy (non-hydrogen) atoms. The number of hydrogen-bond donors (Lipinski definition) is 0. The number of nitrogens with zero attached hydrogens (tertiary/aromatic N) is 1. The summed E-state index contributed by atoms with van der Waals surface area (Å²) in [5.41, 5.74) is 0.635. The zero-order chi connectivity index (χ0) is 18.6. The Morgan fingerprint density at radius 3 is 2.72 bits per heavy atom. The van der Waals surface area contributed by atoms with Crippen LogP contribution in [0.3, 0.4) is 0 Å². The van der Waals surface area contributed by atoms with E-state index < -0.39 is 5.91 Å². The van der Waals surface area contributed by atoms with E-state index in [1.165, 1.54) is 0 Å². The third-order valence-corrected chi connectivity index (χ3v) is 4.29. The number of carbonyl (C=O) groups excluding carboxylic acids is 2. The van der Waals surface area contributed by atoms with Crippen molar-refractivity contribution in [1.82, 2.24) is 4.90 Å². The summed E-state index contributed by atoms with van der Waals surface area (Å²) in [6, 6.07) is 3.39. The van der Waals surface area contributed by atoms with Gasteiger partial charge in [0.25, 0.3) is 11.1 Å². The normalized spacial score (nSPS) is 15.8. The highest BCUT2D eigenvalue weighted by Gasteiger charge is 2.34. The van der Waals surface area contributed by atoms with Crippen molar-refractivity contribution in [2.24, 2.45) is 0 Å². The zero-order valence-corrected chi connectivity index (χ0v) is 15.7. The van der Waals surface area contributed by atoms with Gasteiger partial charge in [0.15, 0.2) is 11.5 Å². The Labute approximate surface area is 156 Å². The monoisotopic (exact) mass is 379 g/mol. The molecule has 0 atom stereocenters. The van der Waals surface area contributed by atoms with E-state index in [0.29, 0.717) is 28.7 Å². The minimum Gasteiger partial charge on any atom is -0.490 e. The number of amides is 2. The molecule has 132 valence electrons. The highest BCUT2D eigenvalue weighted by atomic mass is 35.5. The Kier molecular flexibility index (Phi) is 6.40. The van der Waals surface area contributed by atoms with E-state index in [1.807, 2.05) is 20.8 Å². The summed E-state index contributed by atoms with van der Waals surface area (Å²) >= 11 is 7.16. The average molecular weight is 380 g/mol. The molecule has 1 aliphatic heterocycles. The molecular weight excluding hydrogens is 362 g/mol. The number of rotatable bonds is 6. The van der Waals surface area contributed by atoms with Crippen LogP contribution in [0.4, 0.5) is 4.79 Å². The molecule has 0 saturated carbocycles. The topological polar surface area (TPSA) is 55.8 Å². The summed E-state index contributed by atoms with van der Waals surface area (Å²) in [5.74, 6) is 2.83. The second-order valence-electron chi connectivity index (χ2n) is 5.40. The average Bonchev–Trinajstić information content (AvgIpc) is 2.79. The highest BCUT2D eigenvalue weighted by Crippen LogP contribution is 2.39. The van der Waals surface area contributed by atoms with Gasteiger partial charge in [-0.25, -0.2) is 0 Å². The standard InChI is InChI=1S/C18H18ClNO4S/c1-5-7-20-17(21)15(25-18(20)22)10-12-8-13(19)16(24-11(3)4)14(9-12)23-6-2/h1,8-11H,6-7H2,2-4H3. The van der Waals surface area contributed by atoms with E-state index in [2.05, 4.69) is 5.92 Å². The third-order valence-electron chi connectivity index (χ3n) is 3.11. The molecule has 2 rings (SSSR count). The highest BCUT2D eigenvalue weighted by molar-refractivity contribution is 8.18. The lowest BCUT2D eigenvalue weighted by atomic mass is 10.1. The first-order chi connectivity index (χ1) is 11.9. The molecule has 1 aromatic carbocycles. The fourth-order valence-electron chi connectivity index (χ4n) is 2.16. The lowest BCUT2D eigenvalue weighted by molar-refractivity contribution is -0.122. The van der Waals surface area contributed by atoms with Crippen molar-refractivity contribution in [3.8, 4) is 23.8 Å². The first kappa shape index (κ1) is 19.2. The van der Waals surface area contributed by atoms with Gasteiger partial charge in [-0.05, 0) is 56.3 Å². The Balaban J connectivity index is 2.39. The summed E-state index contributed by atoms with van der Waals surface area (Å²) in [4.78, 5) is 25.4. The van der Waals surface area contributed by atoms with E-state index in [0.717, 1.165) is 16.7 Å². The molecule has 1 aromatic rings. The molecule has 0 radical (unpaired) electrons. The van der Waals surface area contributed by atoms with Gasteiger partial charge in [0.1, 0.15) is 0 Å². The second kappa shape index (κ2) is 8.32. The van der Waals surface area contributed by atoms with Crippen LogP contribution < -0.4 is 9.47 Å². The minimum atomic E-state index is -0.412. The molecule has 2 amide bonds. The van der Waals surface area contributed by atoms with Gasteiger partial charge in [0.2, 0.25) is 0 Å². The van der Waals surface area contributed by atoms with Gasteiger partial charge in [-0.2, -0.15) is 0 Å². The Bertz CT molecular complexity index is 767. The predicted molar refractivity (Wildman–Crippen MR) is 99.9 cm³/mol. The van der Waals surface area contributed by atoms with Crippen molar-refractivity contribution in [2.45, 2.75) is 26.9 Å². The van der Waals surface area contributed by atoms with Crippen LogP contribution >= 0.6 is 23.4 Å². The van der Waals surface area contributed by atoms with E-state index in [9.17, 15) is 9.59 Å². The van der Waals surface area contributed by atoms with Crippen molar-refractivity contribution in [3.05, 3.63) is 27.6 Å². The molecule has 0 bridgehead atoms. The van der Waals surface area contributed by atoms with Crippen molar-refractivity contribution in [2.75, 3.05) is 13.2 Å². The van der Waals surface area contributed by atoms with Gasteiger partial charge in [0.05, 0.1) is 29.2 Å². The Morgan fingerprint density at radius 2 is 2.12 bits per heavy atom. The molecule has 5 nitrogen and oxygen atoms in total. The molecule has 0 spiro atoms. The summed E-state index contributed by atoms with van der Waals surface area (Å²) in [7, 11) is 0. The second-order valence-corrected chi connectivity index (χ2v) is 6.80. The van der Waals surface area contributed by atoms with Gasteiger partial charge in [0, 0.05) is 0 Å². The fourth-order valence-corrected chi connectivity index (χ4v) is 3.27. The first-order valence-corrected chi connectivity index (χ1v) is 8.88. The van der Waals surface area contributed by atoms with Gasteiger partial charge >= 0.3 is 0 Å². The van der Waals surface area contributed by atoms with Crippen LogP contribution in [-0.2, 0) is 4.79 Å². The van der Waals surface area contributed by atoms with Crippen molar-refractivity contribution in [1.29, 1.82) is 0 Å². The van der Waals surface area contributed by atoms with Crippen molar-refractivity contribution in [3.63, 3.8) is 0 Å². The molecule has 1 aliphatic rings. The van der Waals surface area contributed by atoms with E-state index in [4.69, 9.17) is 27.5 Å². The number of imide groups is 1. The lowest BCUT2D eigenvalue weighted by Gasteiger charge is -2.16. The number of terminal acetylenes is 1. The smallest absolute Gasteiger partial charge is 0.294 e. The first-order valence-electron chi connectivity index (χ1n) is 7.69. The molecule has 1 saturated heterocycles. The van der Waals surface area contributed by atoms with Crippen LogP contribution in [-0.4, -0.2) is 35.3 Å². The predicted octanol–water partition coefficient (Wildman–Crippen LogP) is 4.20. The third kappa shape index (κ3) is 4.50. The van der Waals surface area contributed by atoms with E-state index in [1.54, 1.807) is 18.2 Å². The number of thioether (sulfide) groups is 1. The molecule has 0 N–H and O–H groups in total. The molecule has 1 heterocycles. The Morgan fingerprint density at radius 1 is 1.40 bits per heavy atom. The molecule has 0 unspecified atom stereocenters. The van der Waals surface area contributed by atoms with Gasteiger partial charge in [-0.15, -0.1) is 6.42 Å². The largest absolute Gasteiger partial charge is 0.490 e. The maximum absolute atomic E-state index is 12.2. The maximum Gasteiger partial charge on any atom is 0.294 e. The quantitative estimate of drug-likeness (QED) is 0.547. The van der Waals surface area contributed by atoms with Gasteiger partial charge in [-0.3, -0.25) is 14.5 Å². The molecular formula is C18H18ClNO4S. The number of carbonyl (C=O) groups is 2. The van der Waals surface area contributed by atoms with Crippen LogP contribution in [0.15, 0.2) is 17.0 Å². The number of halogens is 1. The number of benzene rings is 1. The van der Waals surface area contributed by atoms with Gasteiger partial charge < -0.3 is 9.47 Å². The molecule has 7 heteroatoms. The van der Waals surface area contributed by atoms with Crippen molar-refractivity contribution < 1.29 is 19.1 Å². The zero-order valence-electron chi connectivity index (χ0n) is 14.2. The van der Waals surface area contributed by atoms with Gasteiger partial charge in [-0.1, -0.05) is 17.5 Å². The van der Waals surface area contributed by atoms with E-state index in [-0.39, 0.29) is 22.8 Å². The van der Waals surface area contributed by atoms with E-state index >= 15 is 0 Å². The molecule has 0 aliphatic carbocycles. The summed E-state index contributed by atoms with van der Waals surface area (Å²) < 4.78 is 11.3. The summed E-state index contributed by atoms with van der Waals surface area (Å²) in [5, 5.41) is -0.0150. The van der Waals surface area contributed by atoms with Crippen LogP contribution in [0, 0.1) is 12.3 Å². The minimum absolute atomic E-state index is 0.0475. The van der Waals surface area contributed by atoms with Crippen LogP contribution in [0.2, 0.25) is 5.02 Å². The van der Waals surface area contributed by atoms with Crippen LogP contribution in [0.25, 0.3) is 6.08 Å². The fraction of sp³-hybridized carbons (Fsp3) is 0.333. The summed E-state index contributed by atoms with van der Waals surface area (Å²) in [6.07, 6.45) is 6.71. The summed E-state index contributed by atoms with van der Waals surface area (Å²) in [6.45, 7) is 6.02. The van der Waals surface area contributed by atoms with Crippen LogP contribution in [0.1, 0.15) is 26.3 Å². The van der Waals surface area contributed by atoms with Crippen molar-refractivity contribution >= 4 is 40.6 Å². The maximum atomic E-state index is 12.2. The SMILES string of the molecule is C#CCN1C(=O)SC(=Cc2cc(Cl)c(OC(C)C)c(OCC)c2)C1=O. The molecule has 0 aromatic heterocycles. The number of hydrogen-bond acceptors (Lipinski definition) is 5. The Hall–Kier alpha value is -2.10. The number of ether oxygens (including phenoxy) is 2. The lowest BCUT2D eigenvalue weighted by Crippen LogP contribution is -2.28. The van der Waals surface area contributed by atoms with Crippen LogP contribution in [0.5, 0.6) is 11.5 Å². The molecule has 1 fully saturated rings.